The van der Waals surface area contributed by atoms with Gasteiger partial charge in [-0.15, -0.1) is 5.10 Å². The highest BCUT2D eigenvalue weighted by Crippen LogP contribution is 2.27. The van der Waals surface area contributed by atoms with Gasteiger partial charge in [-0.1, -0.05) is 0 Å². The summed E-state index contributed by atoms with van der Waals surface area (Å²) in [5, 5.41) is 14.8. The maximum Gasteiger partial charge on any atom is 0.207 e. The van der Waals surface area contributed by atoms with Crippen molar-refractivity contribution in [1.29, 1.82) is 0 Å². The monoisotopic (exact) mass is 352 g/mol. The minimum absolute atomic E-state index is 0.246. The minimum Gasteiger partial charge on any atom is -0.496 e. The van der Waals surface area contributed by atoms with Crippen LogP contribution in [-0.2, 0) is 6.61 Å². The summed E-state index contributed by atoms with van der Waals surface area (Å²) in [7, 11) is 1.61. The Morgan fingerprint density at radius 3 is 2.85 bits per heavy atom. The Morgan fingerprint density at radius 2 is 2.08 bits per heavy atom. The van der Waals surface area contributed by atoms with Gasteiger partial charge in [0.05, 0.1) is 12.8 Å². The number of aromatic amines is 1. The van der Waals surface area contributed by atoms with Crippen LogP contribution in [-0.4, -0.2) is 42.3 Å². The summed E-state index contributed by atoms with van der Waals surface area (Å²) in [5.41, 5.74) is 8.40. The van der Waals surface area contributed by atoms with Crippen LogP contribution in [0.1, 0.15) is 11.4 Å². The lowest BCUT2D eigenvalue weighted by atomic mass is 10.2. The zero-order chi connectivity index (χ0) is 18.1. The molecule has 3 heterocycles. The van der Waals surface area contributed by atoms with Crippen molar-refractivity contribution in [3.63, 3.8) is 0 Å². The van der Waals surface area contributed by atoms with Gasteiger partial charge in [-0.2, -0.15) is 15.4 Å². The number of benzene rings is 1. The largest absolute Gasteiger partial charge is 0.496 e. The molecule has 4 rings (SSSR count). The van der Waals surface area contributed by atoms with Crippen LogP contribution in [0.25, 0.3) is 16.9 Å². The molecule has 0 aliphatic rings. The summed E-state index contributed by atoms with van der Waals surface area (Å²) < 4.78 is 13.0. The highest BCUT2D eigenvalue weighted by Gasteiger charge is 2.12. The second-order valence-corrected chi connectivity index (χ2v) is 5.56. The van der Waals surface area contributed by atoms with Crippen molar-refractivity contribution in [2.24, 2.45) is 0 Å². The molecule has 10 nitrogen and oxygen atoms in total. The first kappa shape index (κ1) is 15.8. The van der Waals surface area contributed by atoms with Crippen molar-refractivity contribution < 1.29 is 9.47 Å². The van der Waals surface area contributed by atoms with E-state index in [2.05, 4.69) is 30.5 Å². The van der Waals surface area contributed by atoms with E-state index in [1.54, 1.807) is 24.2 Å². The maximum atomic E-state index is 5.92. The molecule has 0 saturated heterocycles. The molecule has 0 atom stereocenters. The van der Waals surface area contributed by atoms with Gasteiger partial charge in [-0.25, -0.2) is 14.6 Å². The van der Waals surface area contributed by atoms with Crippen LogP contribution < -0.4 is 15.2 Å². The zero-order valence-electron chi connectivity index (χ0n) is 14.2. The molecule has 0 saturated carbocycles. The Morgan fingerprint density at radius 1 is 1.19 bits per heavy atom. The summed E-state index contributed by atoms with van der Waals surface area (Å²) >= 11 is 0. The number of anilines is 1. The Kier molecular flexibility index (Phi) is 3.84. The standard InChI is InChI=1S/C16H16N8O2/c1-9-18-8-24(22-9)11-3-4-12(25-2)10(5-11)7-26-13-6-14(17)19-16-15(13)20-23-21-16/h3-6,8H,7H2,1-2H3,(H3,17,19,20,21,23). The number of fused-ring (bicyclic) bond motifs is 1. The van der Waals surface area contributed by atoms with Crippen LogP contribution in [0.2, 0.25) is 0 Å². The highest BCUT2D eigenvalue weighted by atomic mass is 16.5. The van der Waals surface area contributed by atoms with Crippen LogP contribution in [0, 0.1) is 6.92 Å². The van der Waals surface area contributed by atoms with Crippen molar-refractivity contribution in [1.82, 2.24) is 35.2 Å². The number of nitrogens with zero attached hydrogens (tertiary/aromatic N) is 6. The van der Waals surface area contributed by atoms with Gasteiger partial charge in [0.1, 0.15) is 30.3 Å². The first-order valence-corrected chi connectivity index (χ1v) is 7.79. The maximum absolute atomic E-state index is 5.92. The van der Waals surface area contributed by atoms with Crippen molar-refractivity contribution in [2.75, 3.05) is 12.8 Å². The molecule has 4 aromatic rings. The number of nitrogens with one attached hydrogen (secondary N) is 1. The van der Waals surface area contributed by atoms with Crippen LogP contribution >= 0.6 is 0 Å². The molecule has 1 aromatic carbocycles. The summed E-state index contributed by atoms with van der Waals surface area (Å²) in [6.45, 7) is 2.08. The average Bonchev–Trinajstić information content (AvgIpc) is 3.28. The van der Waals surface area contributed by atoms with Gasteiger partial charge in [-0.05, 0) is 25.1 Å². The molecule has 0 spiro atoms. The predicted octanol–water partition coefficient (Wildman–Crippen LogP) is 1.41. The number of aryl methyl sites for hydroxylation is 1. The Hall–Kier alpha value is -3.69. The molecule has 3 aromatic heterocycles. The smallest absolute Gasteiger partial charge is 0.207 e. The molecule has 0 fully saturated rings. The number of hydrogen-bond acceptors (Lipinski definition) is 8. The highest BCUT2D eigenvalue weighted by molar-refractivity contribution is 5.78. The quantitative estimate of drug-likeness (QED) is 0.551. The first-order valence-electron chi connectivity index (χ1n) is 7.79. The van der Waals surface area contributed by atoms with E-state index in [0.717, 1.165) is 11.3 Å². The number of ether oxygens (including phenoxy) is 2. The lowest BCUT2D eigenvalue weighted by Crippen LogP contribution is -2.03. The average molecular weight is 352 g/mol. The van der Waals surface area contributed by atoms with Gasteiger partial charge in [0.25, 0.3) is 0 Å². The number of pyridine rings is 1. The fraction of sp³-hybridized carbons (Fsp3) is 0.188. The molecule has 0 amide bonds. The number of nitrogen functional groups attached to an aromatic ring is 1. The van der Waals surface area contributed by atoms with Gasteiger partial charge in [0, 0.05) is 11.6 Å². The lowest BCUT2D eigenvalue weighted by molar-refractivity contribution is 0.299. The summed E-state index contributed by atoms with van der Waals surface area (Å²) in [6.07, 6.45) is 1.66. The van der Waals surface area contributed by atoms with E-state index in [9.17, 15) is 0 Å². The van der Waals surface area contributed by atoms with Crippen molar-refractivity contribution in [3.05, 3.63) is 42.0 Å². The number of rotatable bonds is 5. The van der Waals surface area contributed by atoms with Crippen molar-refractivity contribution >= 4 is 17.0 Å². The molecular weight excluding hydrogens is 336 g/mol. The Labute approximate surface area is 148 Å². The van der Waals surface area contributed by atoms with E-state index in [0.29, 0.717) is 34.3 Å². The number of aromatic nitrogens is 7. The Balaban J connectivity index is 1.65. The molecule has 3 N–H and O–H groups in total. The number of methoxy groups -OCH3 is 1. The molecule has 0 aliphatic heterocycles. The molecule has 0 bridgehead atoms. The van der Waals surface area contributed by atoms with E-state index in [1.807, 2.05) is 25.1 Å². The zero-order valence-corrected chi connectivity index (χ0v) is 14.2. The van der Waals surface area contributed by atoms with Gasteiger partial charge in [-0.3, -0.25) is 0 Å². The molecule has 132 valence electrons. The van der Waals surface area contributed by atoms with E-state index >= 15 is 0 Å². The molecule has 0 aliphatic carbocycles. The fourth-order valence-electron chi connectivity index (χ4n) is 2.58. The summed E-state index contributed by atoms with van der Waals surface area (Å²) in [4.78, 5) is 8.24. The number of H-pyrrole nitrogens is 1. The second kappa shape index (κ2) is 6.31. The third-order valence-corrected chi connectivity index (χ3v) is 3.79. The van der Waals surface area contributed by atoms with E-state index in [-0.39, 0.29) is 6.61 Å². The third kappa shape index (κ3) is 2.88. The Bertz CT molecular complexity index is 1070. The van der Waals surface area contributed by atoms with E-state index in [1.165, 1.54) is 0 Å². The van der Waals surface area contributed by atoms with Crippen molar-refractivity contribution in [3.8, 4) is 17.2 Å². The third-order valence-electron chi connectivity index (χ3n) is 3.79. The number of hydrogen-bond donors (Lipinski definition) is 2. The van der Waals surface area contributed by atoms with E-state index in [4.69, 9.17) is 15.2 Å². The van der Waals surface area contributed by atoms with Crippen LogP contribution in [0.5, 0.6) is 11.5 Å². The molecular formula is C16H16N8O2. The minimum atomic E-state index is 0.246. The van der Waals surface area contributed by atoms with Gasteiger partial charge in [0.2, 0.25) is 5.65 Å². The first-order chi connectivity index (χ1) is 12.6. The fourth-order valence-corrected chi connectivity index (χ4v) is 2.58. The van der Waals surface area contributed by atoms with Gasteiger partial charge >= 0.3 is 0 Å². The second-order valence-electron chi connectivity index (χ2n) is 5.56. The van der Waals surface area contributed by atoms with Crippen LogP contribution in [0.4, 0.5) is 5.82 Å². The topological polar surface area (TPSA) is 130 Å². The normalized spacial score (nSPS) is 11.0. The summed E-state index contributed by atoms with van der Waals surface area (Å²) in [5.74, 6) is 2.19. The molecule has 0 radical (unpaired) electrons. The molecule has 10 heteroatoms. The van der Waals surface area contributed by atoms with Crippen LogP contribution in [0.3, 0.4) is 0 Å². The SMILES string of the molecule is COc1ccc(-n2cnc(C)n2)cc1COc1cc(N)nc2n[nH]nc12. The van der Waals surface area contributed by atoms with E-state index < -0.39 is 0 Å². The predicted molar refractivity (Wildman–Crippen MR) is 93.1 cm³/mol. The molecule has 0 unspecified atom stereocenters. The van der Waals surface area contributed by atoms with Gasteiger partial charge in [0.15, 0.2) is 11.3 Å². The molecule has 26 heavy (non-hydrogen) atoms. The van der Waals surface area contributed by atoms with Crippen LogP contribution in [0.15, 0.2) is 30.6 Å². The number of nitrogens with two attached hydrogens (primary N) is 1. The lowest BCUT2D eigenvalue weighted by Gasteiger charge is -2.12. The van der Waals surface area contributed by atoms with Gasteiger partial charge < -0.3 is 15.2 Å². The summed E-state index contributed by atoms with van der Waals surface area (Å²) in [6, 6.07) is 7.30. The van der Waals surface area contributed by atoms with Crippen molar-refractivity contribution in [2.45, 2.75) is 13.5 Å².